The third-order valence-corrected chi connectivity index (χ3v) is 4.65. The Balaban J connectivity index is 2.29. The molecule has 0 spiro atoms. The molecule has 0 aliphatic heterocycles. The molecular formula is C14H19ClN4OS. The molecule has 5 nitrogen and oxygen atoms in total. The first-order valence-electron chi connectivity index (χ1n) is 6.79. The van der Waals surface area contributed by atoms with Gasteiger partial charge in [0, 0.05) is 18.5 Å². The molecule has 0 atom stereocenters. The first-order chi connectivity index (χ1) is 9.87. The van der Waals surface area contributed by atoms with Crippen molar-refractivity contribution in [3.8, 4) is 0 Å². The zero-order valence-electron chi connectivity index (χ0n) is 12.6. The van der Waals surface area contributed by atoms with E-state index in [1.165, 1.54) is 4.88 Å². The van der Waals surface area contributed by atoms with E-state index in [2.05, 4.69) is 33.6 Å². The summed E-state index contributed by atoms with van der Waals surface area (Å²) in [5.74, 6) is 0.656. The molecule has 0 saturated heterocycles. The van der Waals surface area contributed by atoms with E-state index in [4.69, 9.17) is 11.6 Å². The van der Waals surface area contributed by atoms with Gasteiger partial charge >= 0.3 is 0 Å². The van der Waals surface area contributed by atoms with Gasteiger partial charge in [-0.1, -0.05) is 6.92 Å². The Kier molecular flexibility index (Phi) is 4.68. The van der Waals surface area contributed by atoms with Crippen LogP contribution in [0.2, 0.25) is 5.28 Å². The quantitative estimate of drug-likeness (QED) is 0.829. The van der Waals surface area contributed by atoms with Crippen LogP contribution in [0.15, 0.2) is 6.07 Å². The molecule has 0 aromatic carbocycles. The van der Waals surface area contributed by atoms with Crippen LogP contribution >= 0.6 is 22.9 Å². The number of amides is 1. The summed E-state index contributed by atoms with van der Waals surface area (Å²) in [6.45, 7) is 6.32. The smallest absolute Gasteiger partial charge is 0.227 e. The summed E-state index contributed by atoms with van der Waals surface area (Å²) in [6.07, 6.45) is 0.946. The highest BCUT2D eigenvalue weighted by atomic mass is 35.5. The van der Waals surface area contributed by atoms with Gasteiger partial charge in [-0.15, -0.1) is 11.3 Å². The fraction of sp³-hybridized carbons (Fsp3) is 0.500. The van der Waals surface area contributed by atoms with Gasteiger partial charge in [0.1, 0.15) is 10.6 Å². The van der Waals surface area contributed by atoms with Crippen molar-refractivity contribution in [2.24, 2.45) is 5.41 Å². The molecule has 1 amide bonds. The Morgan fingerprint density at radius 2 is 2.14 bits per heavy atom. The number of aromatic nitrogens is 2. The maximum absolute atomic E-state index is 11.8. The number of nitrogens with zero attached hydrogens (tertiary/aromatic N) is 2. The van der Waals surface area contributed by atoms with Crippen molar-refractivity contribution >= 4 is 44.9 Å². The number of carbonyl (C=O) groups excluding carboxylic acids is 1. The average molecular weight is 327 g/mol. The van der Waals surface area contributed by atoms with E-state index in [1.807, 2.05) is 13.8 Å². The van der Waals surface area contributed by atoms with Crippen molar-refractivity contribution in [2.75, 3.05) is 18.9 Å². The number of carbonyl (C=O) groups is 1. The molecular weight excluding hydrogens is 308 g/mol. The largest absolute Gasteiger partial charge is 0.368 e. The second-order valence-corrected chi connectivity index (χ2v) is 6.90. The van der Waals surface area contributed by atoms with E-state index >= 15 is 0 Å². The highest BCUT2D eigenvalue weighted by Gasteiger charge is 2.26. The molecule has 2 rings (SSSR count). The van der Waals surface area contributed by atoms with Gasteiger partial charge in [-0.05, 0) is 37.9 Å². The van der Waals surface area contributed by atoms with Crippen LogP contribution in [-0.2, 0) is 11.2 Å². The minimum Gasteiger partial charge on any atom is -0.368 e. The Morgan fingerprint density at radius 3 is 2.76 bits per heavy atom. The fourth-order valence-electron chi connectivity index (χ4n) is 1.98. The van der Waals surface area contributed by atoms with Gasteiger partial charge in [-0.2, -0.15) is 0 Å². The number of hydrogen-bond acceptors (Lipinski definition) is 5. The number of halogens is 1. The molecule has 0 saturated carbocycles. The third kappa shape index (κ3) is 3.44. The average Bonchev–Trinajstić information content (AvgIpc) is 2.86. The highest BCUT2D eigenvalue weighted by molar-refractivity contribution is 7.18. The van der Waals surface area contributed by atoms with Crippen molar-refractivity contribution in [1.29, 1.82) is 0 Å². The lowest BCUT2D eigenvalue weighted by Crippen LogP contribution is -2.39. The SMILES string of the molecule is CCc1cc2c(NCC(C)(C)C(=O)NC)nc(Cl)nc2s1. The molecule has 0 aliphatic rings. The topological polar surface area (TPSA) is 66.9 Å². The van der Waals surface area contributed by atoms with Crippen LogP contribution in [0.5, 0.6) is 0 Å². The number of rotatable bonds is 5. The predicted molar refractivity (Wildman–Crippen MR) is 88.1 cm³/mol. The van der Waals surface area contributed by atoms with E-state index in [0.29, 0.717) is 12.4 Å². The number of aryl methyl sites for hydroxylation is 1. The van der Waals surface area contributed by atoms with E-state index in [0.717, 1.165) is 16.6 Å². The van der Waals surface area contributed by atoms with Crippen LogP contribution in [0.3, 0.4) is 0 Å². The molecule has 2 heterocycles. The summed E-state index contributed by atoms with van der Waals surface area (Å²) in [6, 6.07) is 2.07. The second-order valence-electron chi connectivity index (χ2n) is 5.44. The Bertz CT molecular complexity index is 668. The van der Waals surface area contributed by atoms with Crippen molar-refractivity contribution < 1.29 is 4.79 Å². The predicted octanol–water partition coefficient (Wildman–Crippen LogP) is 3.09. The number of nitrogens with one attached hydrogen (secondary N) is 2. The van der Waals surface area contributed by atoms with Crippen molar-refractivity contribution in [3.63, 3.8) is 0 Å². The zero-order valence-corrected chi connectivity index (χ0v) is 14.2. The first-order valence-corrected chi connectivity index (χ1v) is 7.99. The van der Waals surface area contributed by atoms with Gasteiger partial charge in [0.2, 0.25) is 11.2 Å². The Morgan fingerprint density at radius 1 is 1.43 bits per heavy atom. The lowest BCUT2D eigenvalue weighted by atomic mass is 9.92. The van der Waals surface area contributed by atoms with Crippen LogP contribution in [0, 0.1) is 5.41 Å². The highest BCUT2D eigenvalue weighted by Crippen LogP contribution is 2.31. The molecule has 0 radical (unpaired) electrons. The first kappa shape index (κ1) is 16.0. The van der Waals surface area contributed by atoms with E-state index in [1.54, 1.807) is 18.4 Å². The van der Waals surface area contributed by atoms with E-state index in [9.17, 15) is 4.79 Å². The van der Waals surface area contributed by atoms with Crippen LogP contribution in [0.25, 0.3) is 10.2 Å². The monoisotopic (exact) mass is 326 g/mol. The molecule has 2 aromatic rings. The molecule has 0 bridgehead atoms. The molecule has 0 unspecified atom stereocenters. The van der Waals surface area contributed by atoms with Gasteiger partial charge in [-0.3, -0.25) is 4.79 Å². The Hall–Kier alpha value is -1.40. The lowest BCUT2D eigenvalue weighted by Gasteiger charge is -2.23. The lowest BCUT2D eigenvalue weighted by molar-refractivity contribution is -0.128. The van der Waals surface area contributed by atoms with Crippen LogP contribution in [-0.4, -0.2) is 29.5 Å². The second kappa shape index (κ2) is 6.15. The zero-order chi connectivity index (χ0) is 15.6. The van der Waals surface area contributed by atoms with Gasteiger partial charge in [0.05, 0.1) is 10.8 Å². The van der Waals surface area contributed by atoms with E-state index in [-0.39, 0.29) is 11.2 Å². The number of hydrogen-bond donors (Lipinski definition) is 2. The summed E-state index contributed by atoms with van der Waals surface area (Å²) in [4.78, 5) is 22.4. The maximum Gasteiger partial charge on any atom is 0.227 e. The molecule has 0 fully saturated rings. The van der Waals surface area contributed by atoms with Crippen molar-refractivity contribution in [3.05, 3.63) is 16.2 Å². The van der Waals surface area contributed by atoms with Crippen molar-refractivity contribution in [2.45, 2.75) is 27.2 Å². The number of fused-ring (bicyclic) bond motifs is 1. The number of thiophene rings is 1. The van der Waals surface area contributed by atoms with Crippen molar-refractivity contribution in [1.82, 2.24) is 15.3 Å². The standard InChI is InChI=1S/C14H19ClN4OS/c1-5-8-6-9-10(18-13(15)19-11(9)21-8)17-7-14(2,3)12(20)16-4/h6H,5,7H2,1-4H3,(H,16,20)(H,17,18,19). The fourth-order valence-corrected chi connectivity index (χ4v) is 3.16. The van der Waals surface area contributed by atoms with Gasteiger partial charge in [-0.25, -0.2) is 9.97 Å². The minimum atomic E-state index is -0.540. The minimum absolute atomic E-state index is 0.0223. The summed E-state index contributed by atoms with van der Waals surface area (Å²) in [5.41, 5.74) is -0.540. The number of anilines is 1. The molecule has 2 N–H and O–H groups in total. The normalized spacial score (nSPS) is 11.7. The van der Waals surface area contributed by atoms with Gasteiger partial charge in [0.25, 0.3) is 0 Å². The molecule has 2 aromatic heterocycles. The maximum atomic E-state index is 11.8. The summed E-state index contributed by atoms with van der Waals surface area (Å²) in [7, 11) is 1.64. The van der Waals surface area contributed by atoms with Crippen LogP contribution in [0.1, 0.15) is 25.6 Å². The summed E-state index contributed by atoms with van der Waals surface area (Å²) >= 11 is 7.60. The Labute approximate surface area is 133 Å². The third-order valence-electron chi connectivity index (χ3n) is 3.30. The molecule has 7 heteroatoms. The summed E-state index contributed by atoms with van der Waals surface area (Å²) < 4.78 is 0. The van der Waals surface area contributed by atoms with Crippen LogP contribution in [0.4, 0.5) is 5.82 Å². The van der Waals surface area contributed by atoms with Crippen LogP contribution < -0.4 is 10.6 Å². The molecule has 0 aliphatic carbocycles. The molecule has 21 heavy (non-hydrogen) atoms. The van der Waals surface area contributed by atoms with Gasteiger partial charge < -0.3 is 10.6 Å². The molecule has 114 valence electrons. The summed E-state index contributed by atoms with van der Waals surface area (Å²) in [5, 5.41) is 7.07. The van der Waals surface area contributed by atoms with Gasteiger partial charge in [0.15, 0.2) is 0 Å². The van der Waals surface area contributed by atoms with E-state index < -0.39 is 5.41 Å².